The molecule has 3 aromatic carbocycles. The van der Waals surface area contributed by atoms with Gasteiger partial charge in [-0.15, -0.1) is 0 Å². The molecule has 0 bridgehead atoms. The fraction of sp³-hybridized carbons (Fsp3) is 0.0476. The van der Waals surface area contributed by atoms with Crippen LogP contribution in [0.1, 0.15) is 10.4 Å². The maximum absolute atomic E-state index is 13.7. The fourth-order valence-corrected chi connectivity index (χ4v) is 2.59. The van der Waals surface area contributed by atoms with Crippen LogP contribution in [0.2, 0.25) is 0 Å². The van der Waals surface area contributed by atoms with E-state index in [0.29, 0.717) is 11.4 Å². The largest absolute Gasteiger partial charge is 0.376 e. The van der Waals surface area contributed by atoms with Crippen molar-refractivity contribution in [3.63, 3.8) is 0 Å². The third-order valence-electron chi connectivity index (χ3n) is 3.96. The number of amides is 2. The standard InChI is InChI=1S/C21H18FN3O2/c22-19-12-17(10-11-18(19)21(23)27)24-13-20(26)25-16-8-6-15(7-9-16)14-4-2-1-3-5-14/h1-12,24H,13H2,(H2,23,27)(H,25,26). The Morgan fingerprint density at radius 2 is 1.48 bits per heavy atom. The van der Waals surface area contributed by atoms with Gasteiger partial charge in [0.15, 0.2) is 0 Å². The lowest BCUT2D eigenvalue weighted by atomic mass is 10.1. The van der Waals surface area contributed by atoms with Crippen LogP contribution in [0, 0.1) is 5.82 Å². The Morgan fingerprint density at radius 3 is 2.11 bits per heavy atom. The predicted molar refractivity (Wildman–Crippen MR) is 104 cm³/mol. The zero-order chi connectivity index (χ0) is 19.2. The number of carbonyl (C=O) groups is 2. The molecule has 0 radical (unpaired) electrons. The number of nitrogens with one attached hydrogen (secondary N) is 2. The zero-order valence-electron chi connectivity index (χ0n) is 14.4. The third-order valence-corrected chi connectivity index (χ3v) is 3.96. The summed E-state index contributed by atoms with van der Waals surface area (Å²) in [5, 5.41) is 5.57. The molecule has 27 heavy (non-hydrogen) atoms. The minimum absolute atomic E-state index is 0.0458. The Labute approximate surface area is 156 Å². The maximum atomic E-state index is 13.7. The molecule has 3 aromatic rings. The van der Waals surface area contributed by atoms with Crippen LogP contribution < -0.4 is 16.4 Å². The highest BCUT2D eigenvalue weighted by Gasteiger charge is 2.09. The number of hydrogen-bond acceptors (Lipinski definition) is 3. The number of rotatable bonds is 6. The van der Waals surface area contributed by atoms with Crippen LogP contribution in [0.3, 0.4) is 0 Å². The van der Waals surface area contributed by atoms with E-state index in [1.165, 1.54) is 12.1 Å². The summed E-state index contributed by atoms with van der Waals surface area (Å²) in [5.41, 5.74) is 8.06. The molecule has 6 heteroatoms. The van der Waals surface area contributed by atoms with E-state index in [-0.39, 0.29) is 18.0 Å². The topological polar surface area (TPSA) is 84.2 Å². The zero-order valence-corrected chi connectivity index (χ0v) is 14.4. The molecule has 136 valence electrons. The van der Waals surface area contributed by atoms with Gasteiger partial charge in [-0.05, 0) is 41.5 Å². The molecule has 0 saturated heterocycles. The highest BCUT2D eigenvalue weighted by molar-refractivity contribution is 5.95. The highest BCUT2D eigenvalue weighted by atomic mass is 19.1. The van der Waals surface area contributed by atoms with E-state index in [1.54, 1.807) is 0 Å². The number of carbonyl (C=O) groups excluding carboxylic acids is 2. The van der Waals surface area contributed by atoms with E-state index < -0.39 is 11.7 Å². The van der Waals surface area contributed by atoms with Gasteiger partial charge in [0.25, 0.3) is 5.91 Å². The SMILES string of the molecule is NC(=O)c1ccc(NCC(=O)Nc2ccc(-c3ccccc3)cc2)cc1F. The predicted octanol–water partition coefficient (Wildman–Crippen LogP) is 3.64. The first-order chi connectivity index (χ1) is 13.0. The lowest BCUT2D eigenvalue weighted by Gasteiger charge is -2.09. The third kappa shape index (κ3) is 4.70. The van der Waals surface area contributed by atoms with Gasteiger partial charge in [-0.25, -0.2) is 4.39 Å². The van der Waals surface area contributed by atoms with Gasteiger partial charge in [0.2, 0.25) is 5.91 Å². The monoisotopic (exact) mass is 363 g/mol. The van der Waals surface area contributed by atoms with E-state index in [9.17, 15) is 14.0 Å². The second-order valence-electron chi connectivity index (χ2n) is 5.90. The number of benzene rings is 3. The van der Waals surface area contributed by atoms with Crippen LogP contribution in [0.25, 0.3) is 11.1 Å². The van der Waals surface area contributed by atoms with Gasteiger partial charge in [-0.2, -0.15) is 0 Å². The molecule has 5 nitrogen and oxygen atoms in total. The Bertz CT molecular complexity index is 957. The Morgan fingerprint density at radius 1 is 0.852 bits per heavy atom. The molecule has 2 amide bonds. The van der Waals surface area contributed by atoms with Crippen LogP contribution in [0.5, 0.6) is 0 Å². The molecule has 0 unspecified atom stereocenters. The maximum Gasteiger partial charge on any atom is 0.251 e. The minimum atomic E-state index is -0.837. The van der Waals surface area contributed by atoms with Crippen molar-refractivity contribution in [1.29, 1.82) is 0 Å². The van der Waals surface area contributed by atoms with Crippen LogP contribution in [0.15, 0.2) is 72.8 Å². The molecule has 0 spiro atoms. The van der Waals surface area contributed by atoms with Gasteiger partial charge in [0.05, 0.1) is 12.1 Å². The number of primary amides is 1. The first kappa shape index (κ1) is 18.1. The fourth-order valence-electron chi connectivity index (χ4n) is 2.59. The number of anilines is 2. The van der Waals surface area contributed by atoms with E-state index in [2.05, 4.69) is 10.6 Å². The van der Waals surface area contributed by atoms with Crippen molar-refractivity contribution in [2.45, 2.75) is 0 Å². The molecule has 0 saturated carbocycles. The Kier molecular flexibility index (Phi) is 5.47. The molecular weight excluding hydrogens is 345 g/mol. The van der Waals surface area contributed by atoms with Crippen LogP contribution >= 0.6 is 0 Å². The minimum Gasteiger partial charge on any atom is -0.376 e. The molecule has 0 aliphatic rings. The van der Waals surface area contributed by atoms with E-state index >= 15 is 0 Å². The van der Waals surface area contributed by atoms with Crippen molar-refractivity contribution in [2.75, 3.05) is 17.2 Å². The van der Waals surface area contributed by atoms with Gasteiger partial charge >= 0.3 is 0 Å². The van der Waals surface area contributed by atoms with Crippen molar-refractivity contribution in [1.82, 2.24) is 0 Å². The van der Waals surface area contributed by atoms with Crippen molar-refractivity contribution >= 4 is 23.2 Å². The van der Waals surface area contributed by atoms with Gasteiger partial charge < -0.3 is 16.4 Å². The number of halogens is 1. The van der Waals surface area contributed by atoms with Gasteiger partial charge in [0.1, 0.15) is 5.82 Å². The smallest absolute Gasteiger partial charge is 0.251 e. The first-order valence-electron chi connectivity index (χ1n) is 8.31. The molecule has 4 N–H and O–H groups in total. The second kappa shape index (κ2) is 8.14. The summed E-state index contributed by atoms with van der Waals surface area (Å²) >= 11 is 0. The van der Waals surface area contributed by atoms with Crippen molar-refractivity contribution in [3.8, 4) is 11.1 Å². The van der Waals surface area contributed by atoms with Gasteiger partial charge in [0, 0.05) is 11.4 Å². The normalized spacial score (nSPS) is 10.3. The van der Waals surface area contributed by atoms with Crippen molar-refractivity contribution in [3.05, 3.63) is 84.2 Å². The van der Waals surface area contributed by atoms with E-state index in [4.69, 9.17) is 5.73 Å². The highest BCUT2D eigenvalue weighted by Crippen LogP contribution is 2.21. The summed E-state index contributed by atoms with van der Waals surface area (Å²) in [4.78, 5) is 23.1. The molecule has 0 atom stereocenters. The summed E-state index contributed by atoms with van der Waals surface area (Å²) in [5.74, 6) is -1.85. The summed E-state index contributed by atoms with van der Waals surface area (Å²) in [6.45, 7) is -0.0458. The second-order valence-corrected chi connectivity index (χ2v) is 5.90. The summed E-state index contributed by atoms with van der Waals surface area (Å²) in [7, 11) is 0. The lowest BCUT2D eigenvalue weighted by molar-refractivity contribution is -0.114. The van der Waals surface area contributed by atoms with Gasteiger partial charge in [-0.1, -0.05) is 42.5 Å². The molecule has 0 aromatic heterocycles. The van der Waals surface area contributed by atoms with E-state index in [1.807, 2.05) is 54.6 Å². The lowest BCUT2D eigenvalue weighted by Crippen LogP contribution is -2.22. The van der Waals surface area contributed by atoms with Crippen LogP contribution in [0.4, 0.5) is 15.8 Å². The van der Waals surface area contributed by atoms with Crippen molar-refractivity contribution < 1.29 is 14.0 Å². The number of nitrogens with two attached hydrogens (primary N) is 1. The van der Waals surface area contributed by atoms with Crippen LogP contribution in [-0.2, 0) is 4.79 Å². The average Bonchev–Trinajstić information content (AvgIpc) is 2.67. The molecule has 0 fully saturated rings. The number of hydrogen-bond donors (Lipinski definition) is 3. The Balaban J connectivity index is 1.56. The Hall–Kier alpha value is -3.67. The molecule has 3 rings (SSSR count). The van der Waals surface area contributed by atoms with Gasteiger partial charge in [-0.3, -0.25) is 9.59 Å². The molecular formula is C21H18FN3O2. The summed E-state index contributed by atoms with van der Waals surface area (Å²) in [6, 6.07) is 21.3. The first-order valence-corrected chi connectivity index (χ1v) is 8.31. The molecule has 0 aliphatic heterocycles. The quantitative estimate of drug-likeness (QED) is 0.625. The van der Waals surface area contributed by atoms with Crippen LogP contribution in [-0.4, -0.2) is 18.4 Å². The van der Waals surface area contributed by atoms with Crippen molar-refractivity contribution in [2.24, 2.45) is 5.73 Å². The van der Waals surface area contributed by atoms with E-state index in [0.717, 1.165) is 17.2 Å². The molecule has 0 heterocycles. The summed E-state index contributed by atoms with van der Waals surface area (Å²) in [6.07, 6.45) is 0. The average molecular weight is 363 g/mol. The molecule has 0 aliphatic carbocycles. The summed E-state index contributed by atoms with van der Waals surface area (Å²) < 4.78 is 13.7.